The highest BCUT2D eigenvalue weighted by molar-refractivity contribution is 7.74. The van der Waals surface area contributed by atoms with Crippen LogP contribution in [0.2, 0.25) is 0 Å². The van der Waals surface area contributed by atoms with Gasteiger partial charge >= 0.3 is 11.4 Å². The lowest BCUT2D eigenvalue weighted by atomic mass is 9.92. The van der Waals surface area contributed by atoms with Crippen LogP contribution in [0, 0.1) is 5.92 Å². The summed E-state index contributed by atoms with van der Waals surface area (Å²) >= 11 is -2.26. The highest BCUT2D eigenvalue weighted by Crippen LogP contribution is 2.42. The molecule has 0 aliphatic heterocycles. The van der Waals surface area contributed by atoms with Gasteiger partial charge in [0, 0.05) is 5.92 Å². The number of aldehydes is 1. The van der Waals surface area contributed by atoms with Gasteiger partial charge in [-0.3, -0.25) is 8.74 Å². The van der Waals surface area contributed by atoms with Gasteiger partial charge in [-0.15, -0.1) is 0 Å². The van der Waals surface area contributed by atoms with Crippen LogP contribution in [0.25, 0.3) is 11.1 Å². The summed E-state index contributed by atoms with van der Waals surface area (Å²) in [5.41, 5.74) is 5.28. The Bertz CT molecular complexity index is 766. The van der Waals surface area contributed by atoms with Crippen molar-refractivity contribution in [1.82, 2.24) is 0 Å². The fourth-order valence-electron chi connectivity index (χ4n) is 3.17. The lowest BCUT2D eigenvalue weighted by Gasteiger charge is -2.12. The molecule has 2 aromatic rings. The summed E-state index contributed by atoms with van der Waals surface area (Å²) in [6.45, 7) is 0.0882. The molecule has 4 nitrogen and oxygen atoms in total. The average molecular weight is 342 g/mol. The Kier molecular flexibility index (Phi) is 5.35. The quantitative estimate of drug-likeness (QED) is 0.639. The molecule has 1 aliphatic carbocycles. The molecule has 124 valence electrons. The molecule has 2 aromatic carbocycles. The van der Waals surface area contributed by atoms with Crippen molar-refractivity contribution in [2.45, 2.75) is 19.4 Å². The summed E-state index contributed by atoms with van der Waals surface area (Å²) in [6.07, 6.45) is 2.73. The van der Waals surface area contributed by atoms with Gasteiger partial charge in [0.2, 0.25) is 0 Å². The molecule has 2 atom stereocenters. The van der Waals surface area contributed by atoms with Crippen molar-refractivity contribution in [3.8, 4) is 0 Å². The zero-order valence-electron chi connectivity index (χ0n) is 13.1. The van der Waals surface area contributed by atoms with E-state index in [1.807, 2.05) is 54.6 Å². The molecule has 0 spiro atoms. The molecule has 0 fully saturated rings. The van der Waals surface area contributed by atoms with Crippen molar-refractivity contribution in [2.24, 2.45) is 5.92 Å². The summed E-state index contributed by atoms with van der Waals surface area (Å²) in [5.74, 6) is -0.0674. The first-order valence-corrected chi connectivity index (χ1v) is 8.79. The van der Waals surface area contributed by atoms with E-state index in [0.29, 0.717) is 0 Å². The highest BCUT2D eigenvalue weighted by Gasteiger charge is 2.26. The average Bonchev–Trinajstić information content (AvgIpc) is 3.05. The second-order valence-corrected chi connectivity index (χ2v) is 6.39. The Labute approximate surface area is 143 Å². The topological polar surface area (TPSA) is 63.6 Å². The van der Waals surface area contributed by atoms with Crippen molar-refractivity contribution in [3.05, 3.63) is 71.3 Å². The standard InChI is InChI=1S/C19H18O4S/c20-12-17-10-11-18(19(17)16-4-2-1-3-5-16)15-8-6-14(7-9-15)13-23-24(21)22/h1-9,12,17H,10-11,13H2,(H,21,22). The summed E-state index contributed by atoms with van der Waals surface area (Å²) < 4.78 is 23.9. The number of hydrogen-bond acceptors (Lipinski definition) is 3. The van der Waals surface area contributed by atoms with Crippen LogP contribution < -0.4 is 0 Å². The Morgan fingerprint density at radius 1 is 1.08 bits per heavy atom. The van der Waals surface area contributed by atoms with E-state index in [1.165, 1.54) is 5.57 Å². The maximum Gasteiger partial charge on any atom is 0.302 e. The van der Waals surface area contributed by atoms with Crippen LogP contribution in [0.1, 0.15) is 29.5 Å². The molecule has 0 saturated heterocycles. The molecule has 0 radical (unpaired) electrons. The van der Waals surface area contributed by atoms with Crippen LogP contribution >= 0.6 is 0 Å². The first-order chi connectivity index (χ1) is 11.7. The Balaban J connectivity index is 1.93. The first-order valence-electron chi connectivity index (χ1n) is 7.76. The first kappa shape index (κ1) is 16.8. The molecule has 2 unspecified atom stereocenters. The Hall–Kier alpha value is -2.08. The van der Waals surface area contributed by atoms with Crippen LogP contribution in [-0.2, 0) is 26.9 Å². The fourth-order valence-corrected chi connectivity index (χ4v) is 3.40. The van der Waals surface area contributed by atoms with Crippen LogP contribution in [0.5, 0.6) is 0 Å². The molecule has 0 saturated carbocycles. The fraction of sp³-hybridized carbons (Fsp3) is 0.211. The number of benzene rings is 2. The maximum atomic E-state index is 11.5. The molecular formula is C19H18O4S. The Morgan fingerprint density at radius 3 is 2.42 bits per heavy atom. The summed E-state index contributed by atoms with van der Waals surface area (Å²) in [7, 11) is 0. The van der Waals surface area contributed by atoms with E-state index in [-0.39, 0.29) is 12.5 Å². The molecule has 1 N–H and O–H groups in total. The van der Waals surface area contributed by atoms with Crippen molar-refractivity contribution >= 4 is 28.8 Å². The number of hydrogen-bond donors (Lipinski definition) is 1. The second kappa shape index (κ2) is 7.66. The van der Waals surface area contributed by atoms with E-state index >= 15 is 0 Å². The molecule has 0 bridgehead atoms. The number of carbonyl (C=O) groups excluding carboxylic acids is 1. The van der Waals surface area contributed by atoms with E-state index in [1.54, 1.807) is 0 Å². The molecule has 3 rings (SSSR count). The largest absolute Gasteiger partial charge is 0.303 e. The number of carbonyl (C=O) groups is 1. The number of rotatable bonds is 6. The molecule has 24 heavy (non-hydrogen) atoms. The van der Waals surface area contributed by atoms with Crippen molar-refractivity contribution in [3.63, 3.8) is 0 Å². The van der Waals surface area contributed by atoms with Gasteiger partial charge in [0.1, 0.15) is 6.29 Å². The summed E-state index contributed by atoms with van der Waals surface area (Å²) in [6, 6.07) is 17.7. The number of allylic oxidation sites excluding steroid dienone is 2. The van der Waals surface area contributed by atoms with Gasteiger partial charge in [-0.1, -0.05) is 54.6 Å². The minimum atomic E-state index is -2.26. The van der Waals surface area contributed by atoms with Gasteiger partial charge in [-0.25, -0.2) is 0 Å². The predicted octanol–water partition coefficient (Wildman–Crippen LogP) is 3.86. The smallest absolute Gasteiger partial charge is 0.302 e. The van der Waals surface area contributed by atoms with Crippen LogP contribution in [0.15, 0.2) is 54.6 Å². The third-order valence-electron chi connectivity index (χ3n) is 4.28. The van der Waals surface area contributed by atoms with Gasteiger partial charge < -0.3 is 4.79 Å². The third kappa shape index (κ3) is 3.70. The monoisotopic (exact) mass is 342 g/mol. The minimum absolute atomic E-state index is 0.0674. The normalized spacial score (nSPS) is 18.6. The lowest BCUT2D eigenvalue weighted by molar-refractivity contribution is -0.109. The van der Waals surface area contributed by atoms with Crippen molar-refractivity contribution < 1.29 is 17.7 Å². The minimum Gasteiger partial charge on any atom is -0.303 e. The lowest BCUT2D eigenvalue weighted by Crippen LogP contribution is -2.00. The van der Waals surface area contributed by atoms with E-state index in [9.17, 15) is 9.00 Å². The Morgan fingerprint density at radius 2 is 1.79 bits per heavy atom. The summed E-state index contributed by atoms with van der Waals surface area (Å²) in [5, 5.41) is 0. The molecular weight excluding hydrogens is 324 g/mol. The zero-order valence-corrected chi connectivity index (χ0v) is 13.9. The van der Waals surface area contributed by atoms with Crippen molar-refractivity contribution in [1.29, 1.82) is 0 Å². The second-order valence-electron chi connectivity index (χ2n) is 5.72. The van der Waals surface area contributed by atoms with Crippen LogP contribution in [0.3, 0.4) is 0 Å². The molecule has 0 amide bonds. The third-order valence-corrected chi connectivity index (χ3v) is 4.60. The van der Waals surface area contributed by atoms with Gasteiger partial charge in [0.05, 0.1) is 6.61 Å². The SMILES string of the molecule is O=CC1CCC(c2ccc(COS(=O)O)cc2)=C1c1ccccc1. The van der Waals surface area contributed by atoms with Gasteiger partial charge in [0.25, 0.3) is 0 Å². The van der Waals surface area contributed by atoms with Crippen molar-refractivity contribution in [2.75, 3.05) is 0 Å². The highest BCUT2D eigenvalue weighted by atomic mass is 32.2. The van der Waals surface area contributed by atoms with Gasteiger partial charge in [0.15, 0.2) is 0 Å². The van der Waals surface area contributed by atoms with Gasteiger partial charge in [-0.05, 0) is 40.7 Å². The molecule has 0 aromatic heterocycles. The van der Waals surface area contributed by atoms with Crippen LogP contribution in [0.4, 0.5) is 0 Å². The molecule has 5 heteroatoms. The predicted molar refractivity (Wildman–Crippen MR) is 94.0 cm³/mol. The zero-order chi connectivity index (χ0) is 16.9. The summed E-state index contributed by atoms with van der Waals surface area (Å²) in [4.78, 5) is 11.5. The van der Waals surface area contributed by atoms with Crippen LogP contribution in [-0.4, -0.2) is 15.0 Å². The molecule has 1 aliphatic rings. The maximum absolute atomic E-state index is 11.5. The van der Waals surface area contributed by atoms with E-state index in [4.69, 9.17) is 4.55 Å². The van der Waals surface area contributed by atoms with E-state index < -0.39 is 11.4 Å². The molecule has 0 heterocycles. The van der Waals surface area contributed by atoms with E-state index in [0.717, 1.165) is 41.4 Å². The van der Waals surface area contributed by atoms with E-state index in [2.05, 4.69) is 4.18 Å². The van der Waals surface area contributed by atoms with Gasteiger partial charge in [-0.2, -0.15) is 4.21 Å².